The largest absolute Gasteiger partial charge is 0.478 e. The van der Waals surface area contributed by atoms with Gasteiger partial charge in [-0.15, -0.1) is 0 Å². The number of carbonyl (C=O) groups excluding carboxylic acids is 1. The van der Waals surface area contributed by atoms with Gasteiger partial charge in [0.1, 0.15) is 5.60 Å². The standard InChI is InChI=1S/C17H28N2O3/c1-5-8-12-21-15-10-9-14(13-18-15)19-16(20)17(4,7-3)22-11-6-2/h9-10,13H,5-8,11-12H2,1-4H3,(H,19,20). The Morgan fingerprint density at radius 3 is 2.55 bits per heavy atom. The molecule has 1 amide bonds. The van der Waals surface area contributed by atoms with Gasteiger partial charge < -0.3 is 14.8 Å². The van der Waals surface area contributed by atoms with E-state index in [2.05, 4.69) is 17.2 Å². The first-order chi connectivity index (χ1) is 10.6. The second-order valence-electron chi connectivity index (χ2n) is 5.47. The van der Waals surface area contributed by atoms with Crippen molar-refractivity contribution in [2.45, 2.75) is 59.0 Å². The number of amides is 1. The second kappa shape index (κ2) is 9.41. The fourth-order valence-electron chi connectivity index (χ4n) is 1.78. The van der Waals surface area contributed by atoms with E-state index in [0.717, 1.165) is 19.3 Å². The van der Waals surface area contributed by atoms with Crippen molar-refractivity contribution in [2.24, 2.45) is 0 Å². The van der Waals surface area contributed by atoms with Gasteiger partial charge in [-0.2, -0.15) is 0 Å². The maximum Gasteiger partial charge on any atom is 0.256 e. The van der Waals surface area contributed by atoms with Crippen molar-refractivity contribution < 1.29 is 14.3 Å². The number of nitrogens with zero attached hydrogens (tertiary/aromatic N) is 1. The topological polar surface area (TPSA) is 60.5 Å². The smallest absolute Gasteiger partial charge is 0.256 e. The number of nitrogens with one attached hydrogen (secondary N) is 1. The van der Waals surface area contributed by atoms with Gasteiger partial charge in [0.2, 0.25) is 5.88 Å². The predicted molar refractivity (Wildman–Crippen MR) is 88.2 cm³/mol. The summed E-state index contributed by atoms with van der Waals surface area (Å²) < 4.78 is 11.2. The monoisotopic (exact) mass is 308 g/mol. The minimum absolute atomic E-state index is 0.148. The lowest BCUT2D eigenvalue weighted by atomic mass is 10.0. The molecule has 0 saturated carbocycles. The van der Waals surface area contributed by atoms with Crippen LogP contribution in [0, 0.1) is 0 Å². The Morgan fingerprint density at radius 1 is 1.23 bits per heavy atom. The Balaban J connectivity index is 2.59. The molecule has 1 atom stereocenters. The molecule has 0 fully saturated rings. The molecule has 0 spiro atoms. The number of pyridine rings is 1. The molecule has 0 aliphatic heterocycles. The number of anilines is 1. The molecule has 5 nitrogen and oxygen atoms in total. The Bertz CT molecular complexity index is 448. The summed E-state index contributed by atoms with van der Waals surface area (Å²) >= 11 is 0. The van der Waals surface area contributed by atoms with E-state index in [4.69, 9.17) is 9.47 Å². The minimum atomic E-state index is -0.813. The summed E-state index contributed by atoms with van der Waals surface area (Å²) in [6, 6.07) is 3.56. The molecule has 0 radical (unpaired) electrons. The average Bonchev–Trinajstić information content (AvgIpc) is 2.54. The van der Waals surface area contributed by atoms with E-state index >= 15 is 0 Å². The number of ether oxygens (including phenoxy) is 2. The Kier molecular flexibility index (Phi) is 7.88. The maximum atomic E-state index is 12.4. The van der Waals surface area contributed by atoms with E-state index in [1.165, 1.54) is 0 Å². The van der Waals surface area contributed by atoms with Gasteiger partial charge in [-0.25, -0.2) is 4.98 Å². The summed E-state index contributed by atoms with van der Waals surface area (Å²) in [7, 11) is 0. The maximum absolute atomic E-state index is 12.4. The fraction of sp³-hybridized carbons (Fsp3) is 0.647. The van der Waals surface area contributed by atoms with Crippen LogP contribution in [-0.2, 0) is 9.53 Å². The van der Waals surface area contributed by atoms with Gasteiger partial charge in [-0.05, 0) is 32.3 Å². The molecule has 124 valence electrons. The normalized spacial score (nSPS) is 13.5. The van der Waals surface area contributed by atoms with Gasteiger partial charge in [0, 0.05) is 12.7 Å². The van der Waals surface area contributed by atoms with Gasteiger partial charge in [0.15, 0.2) is 0 Å². The van der Waals surface area contributed by atoms with Gasteiger partial charge in [0.05, 0.1) is 18.5 Å². The molecule has 5 heteroatoms. The molecule has 1 unspecified atom stereocenters. The van der Waals surface area contributed by atoms with Crippen LogP contribution in [0.25, 0.3) is 0 Å². The molecule has 22 heavy (non-hydrogen) atoms. The van der Waals surface area contributed by atoms with Crippen molar-refractivity contribution in [3.8, 4) is 5.88 Å². The summed E-state index contributed by atoms with van der Waals surface area (Å²) in [5.41, 5.74) is -0.167. The Morgan fingerprint density at radius 2 is 2.00 bits per heavy atom. The average molecular weight is 308 g/mol. The molecule has 1 aromatic rings. The number of carbonyl (C=O) groups is 1. The molecule has 1 aromatic heterocycles. The molecule has 0 aliphatic carbocycles. The van der Waals surface area contributed by atoms with Crippen LogP contribution in [0.2, 0.25) is 0 Å². The van der Waals surface area contributed by atoms with Crippen LogP contribution in [0.5, 0.6) is 5.88 Å². The SMILES string of the molecule is CCCCOc1ccc(NC(=O)C(C)(CC)OCCC)cn1. The quantitative estimate of drug-likeness (QED) is 0.668. The molecule has 0 aliphatic rings. The molecule has 0 saturated heterocycles. The fourth-order valence-corrected chi connectivity index (χ4v) is 1.78. The zero-order chi connectivity index (χ0) is 16.4. The van der Waals surface area contributed by atoms with Crippen LogP contribution in [-0.4, -0.2) is 29.7 Å². The van der Waals surface area contributed by atoms with Crippen molar-refractivity contribution in [1.29, 1.82) is 0 Å². The highest BCUT2D eigenvalue weighted by atomic mass is 16.5. The molecule has 0 aromatic carbocycles. The number of aromatic nitrogens is 1. The first-order valence-electron chi connectivity index (χ1n) is 8.10. The summed E-state index contributed by atoms with van der Waals surface area (Å²) in [6.45, 7) is 9.12. The van der Waals surface area contributed by atoms with Gasteiger partial charge in [0.25, 0.3) is 5.91 Å². The lowest BCUT2D eigenvalue weighted by molar-refractivity contribution is -0.139. The van der Waals surface area contributed by atoms with Crippen LogP contribution < -0.4 is 10.1 Å². The minimum Gasteiger partial charge on any atom is -0.478 e. The highest BCUT2D eigenvalue weighted by Crippen LogP contribution is 2.19. The molecule has 1 N–H and O–H groups in total. The zero-order valence-corrected chi connectivity index (χ0v) is 14.1. The van der Waals surface area contributed by atoms with Crippen LogP contribution in [0.4, 0.5) is 5.69 Å². The zero-order valence-electron chi connectivity index (χ0n) is 14.1. The summed E-state index contributed by atoms with van der Waals surface area (Å²) in [4.78, 5) is 16.6. The summed E-state index contributed by atoms with van der Waals surface area (Å²) in [6.07, 6.45) is 5.19. The van der Waals surface area contributed by atoms with E-state index in [0.29, 0.717) is 31.2 Å². The van der Waals surface area contributed by atoms with Gasteiger partial charge in [-0.3, -0.25) is 4.79 Å². The van der Waals surface area contributed by atoms with Crippen LogP contribution in [0.3, 0.4) is 0 Å². The molecular formula is C17H28N2O3. The van der Waals surface area contributed by atoms with Crippen LogP contribution >= 0.6 is 0 Å². The van der Waals surface area contributed by atoms with Crippen molar-refractivity contribution >= 4 is 11.6 Å². The first kappa shape index (κ1) is 18.4. The third kappa shape index (κ3) is 5.64. The highest BCUT2D eigenvalue weighted by Gasteiger charge is 2.32. The van der Waals surface area contributed by atoms with E-state index in [9.17, 15) is 4.79 Å². The summed E-state index contributed by atoms with van der Waals surface area (Å²) in [5.74, 6) is 0.428. The van der Waals surface area contributed by atoms with E-state index in [1.54, 1.807) is 18.3 Å². The Hall–Kier alpha value is -1.62. The van der Waals surface area contributed by atoms with Crippen LogP contribution in [0.1, 0.15) is 53.4 Å². The lowest BCUT2D eigenvalue weighted by Crippen LogP contribution is -2.42. The first-order valence-corrected chi connectivity index (χ1v) is 8.10. The van der Waals surface area contributed by atoms with Gasteiger partial charge >= 0.3 is 0 Å². The highest BCUT2D eigenvalue weighted by molar-refractivity contribution is 5.96. The van der Waals surface area contributed by atoms with E-state index in [1.807, 2.05) is 20.8 Å². The number of rotatable bonds is 10. The molecular weight excluding hydrogens is 280 g/mol. The van der Waals surface area contributed by atoms with Gasteiger partial charge in [-0.1, -0.05) is 27.2 Å². The summed E-state index contributed by atoms with van der Waals surface area (Å²) in [5, 5.41) is 2.85. The van der Waals surface area contributed by atoms with Crippen LogP contribution in [0.15, 0.2) is 18.3 Å². The molecule has 0 bridgehead atoms. The lowest BCUT2D eigenvalue weighted by Gasteiger charge is -2.27. The third-order valence-corrected chi connectivity index (χ3v) is 3.52. The van der Waals surface area contributed by atoms with Crippen molar-refractivity contribution in [2.75, 3.05) is 18.5 Å². The van der Waals surface area contributed by atoms with Crippen molar-refractivity contribution in [1.82, 2.24) is 4.98 Å². The van der Waals surface area contributed by atoms with E-state index in [-0.39, 0.29) is 5.91 Å². The van der Waals surface area contributed by atoms with E-state index < -0.39 is 5.60 Å². The van der Waals surface area contributed by atoms with Crippen molar-refractivity contribution in [3.05, 3.63) is 18.3 Å². The predicted octanol–water partition coefficient (Wildman–Crippen LogP) is 3.79. The number of hydrogen-bond donors (Lipinski definition) is 1. The molecule has 1 rings (SSSR count). The second-order valence-corrected chi connectivity index (χ2v) is 5.47. The molecule has 1 heterocycles. The van der Waals surface area contributed by atoms with Crippen molar-refractivity contribution in [3.63, 3.8) is 0 Å². The Labute approximate surface area is 133 Å². The number of unbranched alkanes of at least 4 members (excludes halogenated alkanes) is 1. The third-order valence-electron chi connectivity index (χ3n) is 3.52. The number of hydrogen-bond acceptors (Lipinski definition) is 4.